The van der Waals surface area contributed by atoms with Gasteiger partial charge in [0.2, 0.25) is 5.69 Å². The number of rotatable bonds is 10. The minimum atomic E-state index is -0.390. The Morgan fingerprint density at radius 1 is 0.642 bits per heavy atom. The lowest BCUT2D eigenvalue weighted by molar-refractivity contribution is -0.433. The molecule has 10 rings (SSSR count). The highest BCUT2D eigenvalue weighted by molar-refractivity contribution is 7.97. The van der Waals surface area contributed by atoms with E-state index in [-0.39, 0.29) is 21.7 Å². The van der Waals surface area contributed by atoms with Gasteiger partial charge < -0.3 is 9.64 Å². The maximum atomic E-state index is 7.38. The Labute approximate surface area is 409 Å². The lowest BCUT2D eigenvalue weighted by Crippen LogP contribution is -2.27. The molecule has 0 fully saturated rings. The average Bonchev–Trinajstić information content (AvgIpc) is 3.89. The number of likely N-dealkylation sites (N-methyl/N-ethyl adjacent to an activating group) is 1. The van der Waals surface area contributed by atoms with Gasteiger partial charge in [0.15, 0.2) is 20.4 Å². The Morgan fingerprint density at radius 2 is 1.22 bits per heavy atom. The second-order valence-corrected chi connectivity index (χ2v) is 22.0. The summed E-state index contributed by atoms with van der Waals surface area (Å²) in [5, 5.41) is 6.65. The molecule has 2 heterocycles. The maximum absolute atomic E-state index is 7.38. The van der Waals surface area contributed by atoms with Crippen LogP contribution in [0.5, 0.6) is 5.75 Å². The molecule has 6 heteroatoms. The number of nitrogens with zero attached hydrogens (tertiary/aromatic N) is 2. The molecule has 1 aliphatic carbocycles. The number of ether oxygens (including phenoxy) is 1. The zero-order valence-corrected chi connectivity index (χ0v) is 42.1. The number of anilines is 1. The molecule has 0 spiro atoms. The second kappa shape index (κ2) is 17.7. The highest BCUT2D eigenvalue weighted by Gasteiger charge is 2.45. The molecule has 3 aliphatic rings. The van der Waals surface area contributed by atoms with E-state index in [0.29, 0.717) is 0 Å². The first-order chi connectivity index (χ1) is 32.3. The fourth-order valence-electron chi connectivity index (χ4n) is 11.1. The van der Waals surface area contributed by atoms with E-state index in [9.17, 15) is 0 Å². The molecule has 0 unspecified atom stereocenters. The predicted molar refractivity (Wildman–Crippen MR) is 286 cm³/mol. The van der Waals surface area contributed by atoms with Crippen molar-refractivity contribution in [2.75, 3.05) is 18.0 Å². The molecule has 0 radical (unpaired) electrons. The zero-order chi connectivity index (χ0) is 46.8. The van der Waals surface area contributed by atoms with E-state index in [0.717, 1.165) is 58.6 Å². The number of hydrogen-bond donors (Lipinski definition) is 0. The Balaban J connectivity index is 1.09. The monoisotopic (exact) mass is 936 g/mol. The molecule has 0 aromatic heterocycles. The van der Waals surface area contributed by atoms with Gasteiger partial charge in [0, 0.05) is 63.2 Å². The first-order valence-electron chi connectivity index (χ1n) is 23.6. The standard InChI is InChI=1S/C61H58Cl2N2OS/c1-9-64-52-33-21-41-15-11-13-17-50(41)56(52)60(5,6)54(64)35-23-43-19-20-44(24-36-55-61(7,8)57-51-18-14-12-16-42(51)22-34-53(57)65(55)10-2)59(43)66-58-39(3)37-49(38-40(58)4)67(47-29-25-45(62)26-30-47)48-31-27-46(63)28-32-48/h11-18,21-38H,9-10,19-20H2,1-8H3/q+2. The Morgan fingerprint density at radius 3 is 1.82 bits per heavy atom. The number of aryl methyl sites for hydroxylation is 2. The summed E-state index contributed by atoms with van der Waals surface area (Å²) in [6, 6.07) is 47.9. The Hall–Kier alpha value is -5.78. The molecule has 2 aliphatic heterocycles. The first-order valence-corrected chi connectivity index (χ1v) is 25.6. The zero-order valence-electron chi connectivity index (χ0n) is 39.8. The predicted octanol–water partition coefficient (Wildman–Crippen LogP) is 16.7. The minimum Gasteiger partial charge on any atom is -0.456 e. The van der Waals surface area contributed by atoms with Crippen LogP contribution in [0.25, 0.3) is 21.5 Å². The largest absolute Gasteiger partial charge is 0.456 e. The SMILES string of the molecule is CCN1/C(=C/C=C2\CCC(/C=C/C3=[N+](CC)c4ccc5ccccc5c4C3(C)C)=C2Oc2c(C)cc([S+](c3ccc(Cl)cc3)c3ccc(Cl)cc3)cc2C)C(C)(C)c2c1ccc1ccccc21. The molecule has 67 heavy (non-hydrogen) atoms. The molecule has 7 aromatic carbocycles. The van der Waals surface area contributed by atoms with Crippen molar-refractivity contribution < 1.29 is 9.31 Å². The van der Waals surface area contributed by atoms with Crippen molar-refractivity contribution in [2.45, 2.75) is 93.7 Å². The lowest BCUT2D eigenvalue weighted by atomic mass is 9.79. The summed E-state index contributed by atoms with van der Waals surface area (Å²) in [7, 11) is -0.390. The lowest BCUT2D eigenvalue weighted by Gasteiger charge is -2.26. The number of fused-ring (bicyclic) bond motifs is 6. The van der Waals surface area contributed by atoms with E-state index in [4.69, 9.17) is 27.9 Å². The Bertz CT molecular complexity index is 3210. The van der Waals surface area contributed by atoms with Gasteiger partial charge in [-0.05, 0) is 177 Å². The van der Waals surface area contributed by atoms with Crippen LogP contribution in [0.15, 0.2) is 195 Å². The van der Waals surface area contributed by atoms with Crippen molar-refractivity contribution in [3.05, 3.63) is 213 Å². The van der Waals surface area contributed by atoms with Crippen molar-refractivity contribution >= 4 is 72.7 Å². The molecule has 3 nitrogen and oxygen atoms in total. The van der Waals surface area contributed by atoms with Gasteiger partial charge in [0.05, 0.1) is 16.3 Å². The van der Waals surface area contributed by atoms with Crippen molar-refractivity contribution in [1.29, 1.82) is 0 Å². The fourth-order valence-corrected chi connectivity index (χ4v) is 13.6. The molecule has 0 atom stereocenters. The van der Waals surface area contributed by atoms with Gasteiger partial charge in [-0.3, -0.25) is 0 Å². The van der Waals surface area contributed by atoms with E-state index in [1.807, 2.05) is 24.3 Å². The molecule has 0 N–H and O–H groups in total. The van der Waals surface area contributed by atoms with Crippen LogP contribution in [0.3, 0.4) is 0 Å². The van der Waals surface area contributed by atoms with Gasteiger partial charge in [-0.15, -0.1) is 0 Å². The van der Waals surface area contributed by atoms with E-state index < -0.39 is 0 Å². The number of halogens is 2. The normalized spacial score (nSPS) is 17.6. The summed E-state index contributed by atoms with van der Waals surface area (Å²) in [5.74, 6) is 1.85. The van der Waals surface area contributed by atoms with E-state index in [2.05, 4.69) is 198 Å². The van der Waals surface area contributed by atoms with Gasteiger partial charge in [0.25, 0.3) is 0 Å². The van der Waals surface area contributed by atoms with Crippen molar-refractivity contribution in [3.8, 4) is 5.75 Å². The van der Waals surface area contributed by atoms with Crippen molar-refractivity contribution in [1.82, 2.24) is 0 Å². The molecular weight excluding hydrogens is 880 g/mol. The molecular formula is C61H58Cl2N2OS+2. The van der Waals surface area contributed by atoms with E-state index >= 15 is 0 Å². The van der Waals surface area contributed by atoms with Crippen LogP contribution in [0.4, 0.5) is 11.4 Å². The number of allylic oxidation sites excluding steroid dienone is 7. The highest BCUT2D eigenvalue weighted by atomic mass is 35.5. The third kappa shape index (κ3) is 7.85. The summed E-state index contributed by atoms with van der Waals surface area (Å²) < 4.78 is 9.89. The Kier molecular flexibility index (Phi) is 11.9. The molecule has 0 bridgehead atoms. The third-order valence-electron chi connectivity index (χ3n) is 14.2. The number of hydrogen-bond acceptors (Lipinski definition) is 2. The van der Waals surface area contributed by atoms with Gasteiger partial charge in [-0.1, -0.05) is 97.7 Å². The van der Waals surface area contributed by atoms with Gasteiger partial charge in [-0.25, -0.2) is 0 Å². The number of benzene rings is 7. The van der Waals surface area contributed by atoms with Crippen LogP contribution < -0.4 is 9.64 Å². The summed E-state index contributed by atoms with van der Waals surface area (Å²) in [5.41, 5.74) is 12.2. The fraction of sp³-hybridized carbons (Fsp3) is 0.230. The quantitative estimate of drug-likeness (QED) is 0.100. The second-order valence-electron chi connectivity index (χ2n) is 19.1. The van der Waals surface area contributed by atoms with E-state index in [1.54, 1.807) is 0 Å². The average molecular weight is 938 g/mol. The molecule has 0 saturated heterocycles. The molecule has 0 saturated carbocycles. The summed E-state index contributed by atoms with van der Waals surface area (Å²) in [6.45, 7) is 20.2. The topological polar surface area (TPSA) is 15.5 Å². The van der Waals surface area contributed by atoms with Crippen LogP contribution in [0, 0.1) is 13.8 Å². The first kappa shape index (κ1) is 45.0. The third-order valence-corrected chi connectivity index (χ3v) is 16.9. The van der Waals surface area contributed by atoms with Gasteiger partial charge in [0.1, 0.15) is 18.1 Å². The van der Waals surface area contributed by atoms with E-state index in [1.165, 1.54) is 81.3 Å². The maximum Gasteiger partial charge on any atom is 0.210 e. The van der Waals surface area contributed by atoms with Crippen LogP contribution >= 0.6 is 23.2 Å². The van der Waals surface area contributed by atoms with Crippen LogP contribution in [-0.2, 0) is 21.7 Å². The van der Waals surface area contributed by atoms with Gasteiger partial charge in [-0.2, -0.15) is 4.58 Å². The summed E-state index contributed by atoms with van der Waals surface area (Å²) in [6.07, 6.45) is 11.2. The van der Waals surface area contributed by atoms with Crippen LogP contribution in [0.2, 0.25) is 10.0 Å². The smallest absolute Gasteiger partial charge is 0.210 e. The molecule has 7 aromatic rings. The van der Waals surface area contributed by atoms with Crippen molar-refractivity contribution in [3.63, 3.8) is 0 Å². The van der Waals surface area contributed by atoms with Crippen LogP contribution in [-0.4, -0.2) is 23.4 Å². The summed E-state index contributed by atoms with van der Waals surface area (Å²) in [4.78, 5) is 6.11. The van der Waals surface area contributed by atoms with Crippen molar-refractivity contribution in [2.24, 2.45) is 0 Å². The molecule has 336 valence electrons. The summed E-state index contributed by atoms with van der Waals surface area (Å²) >= 11 is 12.8. The minimum absolute atomic E-state index is 0.197. The van der Waals surface area contributed by atoms with Gasteiger partial charge >= 0.3 is 0 Å². The highest BCUT2D eigenvalue weighted by Crippen LogP contribution is 2.51. The molecule has 0 amide bonds. The van der Waals surface area contributed by atoms with Crippen LogP contribution in [0.1, 0.15) is 76.6 Å².